The molecule has 1 aliphatic carbocycles. The first-order valence-corrected chi connectivity index (χ1v) is 6.35. The first-order valence-electron chi connectivity index (χ1n) is 6.35. The quantitative estimate of drug-likeness (QED) is 0.869. The summed E-state index contributed by atoms with van der Waals surface area (Å²) in [6, 6.07) is 10.1. The van der Waals surface area contributed by atoms with Crippen molar-refractivity contribution in [2.75, 3.05) is 0 Å². The summed E-state index contributed by atoms with van der Waals surface area (Å²) in [7, 11) is 0. The monoisotopic (exact) mass is 243 g/mol. The van der Waals surface area contributed by atoms with Crippen molar-refractivity contribution in [3.05, 3.63) is 53.5 Å². The molecule has 2 N–H and O–H groups in total. The van der Waals surface area contributed by atoms with Gasteiger partial charge >= 0.3 is 0 Å². The van der Waals surface area contributed by atoms with Gasteiger partial charge < -0.3 is 14.8 Å². The van der Waals surface area contributed by atoms with E-state index in [1.807, 2.05) is 24.3 Å². The molecule has 94 valence electrons. The predicted octanol–water partition coefficient (Wildman–Crippen LogP) is 3.32. The minimum Gasteiger partial charge on any atom is -0.508 e. The lowest BCUT2D eigenvalue weighted by Crippen LogP contribution is -2.22. The van der Waals surface area contributed by atoms with Crippen molar-refractivity contribution < 1.29 is 9.52 Å². The Morgan fingerprint density at radius 2 is 2.28 bits per heavy atom. The van der Waals surface area contributed by atoms with Crippen LogP contribution < -0.4 is 5.32 Å². The molecule has 2 unspecified atom stereocenters. The van der Waals surface area contributed by atoms with Gasteiger partial charge in [0.15, 0.2) is 0 Å². The third-order valence-corrected chi connectivity index (χ3v) is 3.63. The summed E-state index contributed by atoms with van der Waals surface area (Å²) < 4.78 is 5.41. The minimum absolute atomic E-state index is 0.199. The Morgan fingerprint density at radius 3 is 3.06 bits per heavy atom. The smallest absolute Gasteiger partial charge is 0.120 e. The maximum Gasteiger partial charge on any atom is 0.120 e. The van der Waals surface area contributed by atoms with Crippen LogP contribution in [0.2, 0.25) is 0 Å². The van der Waals surface area contributed by atoms with Crippen LogP contribution in [0.5, 0.6) is 5.75 Å². The summed E-state index contributed by atoms with van der Waals surface area (Å²) in [5.74, 6) is 1.32. The third-order valence-electron chi connectivity index (χ3n) is 3.63. The zero-order valence-electron chi connectivity index (χ0n) is 10.4. The van der Waals surface area contributed by atoms with Crippen molar-refractivity contribution >= 4 is 0 Å². The molecule has 0 amide bonds. The van der Waals surface area contributed by atoms with Gasteiger partial charge in [0.1, 0.15) is 11.5 Å². The van der Waals surface area contributed by atoms with Crippen molar-refractivity contribution in [1.82, 2.24) is 5.32 Å². The highest BCUT2D eigenvalue weighted by atomic mass is 16.3. The number of aromatic hydroxyl groups is 1. The minimum atomic E-state index is 0.199. The summed E-state index contributed by atoms with van der Waals surface area (Å²) in [4.78, 5) is 0. The van der Waals surface area contributed by atoms with Crippen LogP contribution in [-0.2, 0) is 6.42 Å². The van der Waals surface area contributed by atoms with Crippen molar-refractivity contribution in [3.8, 4) is 5.75 Å². The van der Waals surface area contributed by atoms with Crippen LogP contribution in [0.25, 0.3) is 0 Å². The Kier molecular flexibility index (Phi) is 2.84. The molecule has 0 aliphatic heterocycles. The molecule has 2 atom stereocenters. The summed E-state index contributed by atoms with van der Waals surface area (Å²) in [6.45, 7) is 2.11. The van der Waals surface area contributed by atoms with Crippen LogP contribution in [0.1, 0.15) is 42.3 Å². The molecule has 0 fully saturated rings. The van der Waals surface area contributed by atoms with E-state index in [0.29, 0.717) is 11.8 Å². The SMILES string of the molecule is CC(NC1CCc2cc(O)ccc21)c1ccco1. The van der Waals surface area contributed by atoms with Crippen LogP contribution in [0.4, 0.5) is 0 Å². The zero-order valence-corrected chi connectivity index (χ0v) is 10.4. The fourth-order valence-electron chi connectivity index (χ4n) is 2.70. The molecule has 18 heavy (non-hydrogen) atoms. The van der Waals surface area contributed by atoms with E-state index in [4.69, 9.17) is 4.42 Å². The lowest BCUT2D eigenvalue weighted by molar-refractivity contribution is 0.391. The fraction of sp³-hybridized carbons (Fsp3) is 0.333. The molecule has 3 nitrogen and oxygen atoms in total. The van der Waals surface area contributed by atoms with E-state index >= 15 is 0 Å². The summed E-state index contributed by atoms with van der Waals surface area (Å²) in [5, 5.41) is 13.1. The van der Waals surface area contributed by atoms with Gasteiger partial charge in [0.2, 0.25) is 0 Å². The summed E-state index contributed by atoms with van der Waals surface area (Å²) in [6.07, 6.45) is 3.80. The Labute approximate surface area is 106 Å². The Hall–Kier alpha value is -1.74. The number of nitrogens with one attached hydrogen (secondary N) is 1. The van der Waals surface area contributed by atoms with Crippen molar-refractivity contribution in [2.45, 2.75) is 31.8 Å². The molecule has 0 spiro atoms. The van der Waals surface area contributed by atoms with Crippen LogP contribution in [-0.4, -0.2) is 5.11 Å². The Balaban J connectivity index is 1.77. The van der Waals surface area contributed by atoms with E-state index in [-0.39, 0.29) is 6.04 Å². The third kappa shape index (κ3) is 2.02. The van der Waals surface area contributed by atoms with Gasteiger partial charge in [-0.3, -0.25) is 0 Å². The molecule has 2 aromatic rings. The molecule has 1 aromatic carbocycles. The number of hydrogen-bond acceptors (Lipinski definition) is 3. The summed E-state index contributed by atoms with van der Waals surface area (Å²) >= 11 is 0. The van der Waals surface area contributed by atoms with E-state index in [0.717, 1.165) is 18.6 Å². The number of benzene rings is 1. The largest absolute Gasteiger partial charge is 0.508 e. The maximum atomic E-state index is 9.48. The second-order valence-electron chi connectivity index (χ2n) is 4.88. The topological polar surface area (TPSA) is 45.4 Å². The average molecular weight is 243 g/mol. The molecule has 1 aliphatic rings. The first kappa shape index (κ1) is 11.4. The van der Waals surface area contributed by atoms with E-state index in [9.17, 15) is 5.11 Å². The number of hydrogen-bond donors (Lipinski definition) is 2. The van der Waals surface area contributed by atoms with Crippen LogP contribution in [0, 0.1) is 0 Å². The molecular weight excluding hydrogens is 226 g/mol. The van der Waals surface area contributed by atoms with Crippen molar-refractivity contribution in [2.24, 2.45) is 0 Å². The zero-order chi connectivity index (χ0) is 12.5. The van der Waals surface area contributed by atoms with Gasteiger partial charge in [-0.25, -0.2) is 0 Å². The van der Waals surface area contributed by atoms with Crippen LogP contribution in [0.3, 0.4) is 0 Å². The molecule has 0 saturated carbocycles. The Bertz CT molecular complexity index is 533. The highest BCUT2D eigenvalue weighted by molar-refractivity contribution is 5.40. The standard InChI is InChI=1S/C15H17NO2/c1-10(15-3-2-8-18-15)16-14-7-4-11-9-12(17)5-6-13(11)14/h2-3,5-6,8-10,14,16-17H,4,7H2,1H3. The molecule has 3 rings (SSSR count). The fourth-order valence-corrected chi connectivity index (χ4v) is 2.70. The second kappa shape index (κ2) is 4.50. The van der Waals surface area contributed by atoms with E-state index in [2.05, 4.69) is 12.2 Å². The highest BCUT2D eigenvalue weighted by Crippen LogP contribution is 2.34. The average Bonchev–Trinajstić information content (AvgIpc) is 2.98. The predicted molar refractivity (Wildman–Crippen MR) is 69.4 cm³/mol. The molecule has 0 radical (unpaired) electrons. The van der Waals surface area contributed by atoms with Gasteiger partial charge in [-0.1, -0.05) is 6.07 Å². The van der Waals surface area contributed by atoms with Gasteiger partial charge in [0, 0.05) is 6.04 Å². The number of furan rings is 1. The van der Waals surface area contributed by atoms with Gasteiger partial charge in [-0.2, -0.15) is 0 Å². The molecule has 3 heteroatoms. The number of aryl methyl sites for hydroxylation is 1. The van der Waals surface area contributed by atoms with Gasteiger partial charge in [-0.15, -0.1) is 0 Å². The number of phenols is 1. The van der Waals surface area contributed by atoms with Crippen molar-refractivity contribution in [1.29, 1.82) is 0 Å². The maximum absolute atomic E-state index is 9.48. The van der Waals surface area contributed by atoms with E-state index in [1.54, 1.807) is 12.3 Å². The number of phenolic OH excluding ortho intramolecular Hbond substituents is 1. The molecule has 1 aromatic heterocycles. The van der Waals surface area contributed by atoms with Crippen molar-refractivity contribution in [3.63, 3.8) is 0 Å². The molecule has 1 heterocycles. The highest BCUT2D eigenvalue weighted by Gasteiger charge is 2.24. The van der Waals surface area contributed by atoms with Gasteiger partial charge in [0.25, 0.3) is 0 Å². The summed E-state index contributed by atoms with van der Waals surface area (Å²) in [5.41, 5.74) is 2.55. The second-order valence-corrected chi connectivity index (χ2v) is 4.88. The van der Waals surface area contributed by atoms with Crippen LogP contribution >= 0.6 is 0 Å². The van der Waals surface area contributed by atoms with Gasteiger partial charge in [-0.05, 0) is 55.2 Å². The number of rotatable bonds is 3. The lowest BCUT2D eigenvalue weighted by Gasteiger charge is -2.18. The normalized spacial score (nSPS) is 19.7. The van der Waals surface area contributed by atoms with Crippen LogP contribution in [0.15, 0.2) is 41.0 Å². The van der Waals surface area contributed by atoms with E-state index in [1.165, 1.54) is 11.1 Å². The molecular formula is C15H17NO2. The lowest BCUT2D eigenvalue weighted by atomic mass is 10.1. The Morgan fingerprint density at radius 1 is 1.39 bits per heavy atom. The molecule has 0 bridgehead atoms. The number of fused-ring (bicyclic) bond motifs is 1. The van der Waals surface area contributed by atoms with Gasteiger partial charge in [0.05, 0.1) is 12.3 Å². The first-order chi connectivity index (χ1) is 8.74. The van der Waals surface area contributed by atoms with E-state index < -0.39 is 0 Å². The molecule has 0 saturated heterocycles.